The third-order valence-corrected chi connectivity index (χ3v) is 5.47. The number of hydrogen-bond acceptors (Lipinski definition) is 4. The van der Waals surface area contributed by atoms with Crippen LogP contribution in [0.3, 0.4) is 0 Å². The second-order valence-electron chi connectivity index (χ2n) is 7.16. The van der Waals surface area contributed by atoms with Crippen molar-refractivity contribution >= 4 is 33.5 Å². The molecule has 27 heavy (non-hydrogen) atoms. The molecule has 140 valence electrons. The molecular weight excluding hydrogens is 371 g/mol. The number of thiazole rings is 1. The van der Waals surface area contributed by atoms with Crippen LogP contribution in [0, 0.1) is 0 Å². The Balaban J connectivity index is 1.70. The number of aromatic nitrogens is 1. The van der Waals surface area contributed by atoms with Crippen molar-refractivity contribution in [3.63, 3.8) is 0 Å². The molecule has 2 aromatic carbocycles. The van der Waals surface area contributed by atoms with E-state index in [9.17, 15) is 13.2 Å². The number of rotatable bonds is 3. The summed E-state index contributed by atoms with van der Waals surface area (Å²) in [5.74, 6) is 0. The Morgan fingerprint density at radius 3 is 2.41 bits per heavy atom. The van der Waals surface area contributed by atoms with Crippen LogP contribution in [0.5, 0.6) is 0 Å². The van der Waals surface area contributed by atoms with E-state index in [1.165, 1.54) is 5.56 Å². The first-order chi connectivity index (χ1) is 12.8. The van der Waals surface area contributed by atoms with Crippen molar-refractivity contribution in [2.45, 2.75) is 25.4 Å². The Labute approximate surface area is 159 Å². The van der Waals surface area contributed by atoms with Crippen LogP contribution in [0.25, 0.3) is 0 Å². The molecule has 4 rings (SSSR count). The lowest BCUT2D eigenvalue weighted by molar-refractivity contribution is -0.140. The van der Waals surface area contributed by atoms with E-state index in [0.29, 0.717) is 0 Å². The van der Waals surface area contributed by atoms with E-state index in [-0.39, 0.29) is 10.5 Å². The number of nitrogens with zero attached hydrogens (tertiary/aromatic N) is 2. The molecule has 2 heterocycles. The van der Waals surface area contributed by atoms with Gasteiger partial charge in [-0.2, -0.15) is 13.2 Å². The highest BCUT2D eigenvalue weighted by atomic mass is 32.1. The van der Waals surface area contributed by atoms with Gasteiger partial charge >= 0.3 is 6.18 Å². The quantitative estimate of drug-likeness (QED) is 0.567. The maximum Gasteiger partial charge on any atom is 0.434 e. The summed E-state index contributed by atoms with van der Waals surface area (Å²) in [4.78, 5) is 5.89. The summed E-state index contributed by atoms with van der Waals surface area (Å²) < 4.78 is 38.5. The van der Waals surface area contributed by atoms with Crippen LogP contribution >= 0.6 is 11.3 Å². The average molecular weight is 389 g/mol. The van der Waals surface area contributed by atoms with Crippen LogP contribution in [0.4, 0.5) is 35.4 Å². The zero-order valence-electron chi connectivity index (χ0n) is 14.8. The number of anilines is 4. The van der Waals surface area contributed by atoms with Crippen molar-refractivity contribution < 1.29 is 13.2 Å². The van der Waals surface area contributed by atoms with Crippen LogP contribution in [0.15, 0.2) is 53.9 Å². The summed E-state index contributed by atoms with van der Waals surface area (Å²) in [7, 11) is 0. The minimum atomic E-state index is -4.44. The van der Waals surface area contributed by atoms with Gasteiger partial charge in [0.05, 0.1) is 11.4 Å². The maximum atomic E-state index is 12.8. The molecular formula is C20H18F3N3S. The smallest absolute Gasteiger partial charge is 0.339 e. The van der Waals surface area contributed by atoms with E-state index in [4.69, 9.17) is 0 Å². The van der Waals surface area contributed by atoms with Crippen molar-refractivity contribution in [2.24, 2.45) is 0 Å². The van der Waals surface area contributed by atoms with Gasteiger partial charge in [0.2, 0.25) is 0 Å². The van der Waals surface area contributed by atoms with Gasteiger partial charge in [0.15, 0.2) is 10.8 Å². The van der Waals surface area contributed by atoms with Gasteiger partial charge < -0.3 is 10.2 Å². The molecule has 3 aromatic rings. The number of alkyl halides is 3. The van der Waals surface area contributed by atoms with Gasteiger partial charge in [-0.05, 0) is 23.8 Å². The molecule has 1 aliphatic heterocycles. The molecule has 0 spiro atoms. The molecule has 0 aliphatic carbocycles. The lowest BCUT2D eigenvalue weighted by Gasteiger charge is -2.25. The number of hydrogen-bond donors (Lipinski definition) is 1. The molecule has 1 aliphatic rings. The Morgan fingerprint density at radius 2 is 1.70 bits per heavy atom. The Morgan fingerprint density at radius 1 is 1.04 bits per heavy atom. The molecule has 0 radical (unpaired) electrons. The molecule has 0 amide bonds. The van der Waals surface area contributed by atoms with Crippen LogP contribution in [0.2, 0.25) is 0 Å². The monoisotopic (exact) mass is 389 g/mol. The van der Waals surface area contributed by atoms with E-state index >= 15 is 0 Å². The first-order valence-corrected chi connectivity index (χ1v) is 9.39. The standard InChI is InChI=1S/C20H18F3N3S/c1-19(2)12-26(15-9-5-3-7-13(15)19)16-10-6-4-8-14(16)24-18-25-17(11-27-18)20(21,22)23/h3-11H,12H2,1-2H3,(H,24,25). The van der Waals surface area contributed by atoms with Crippen molar-refractivity contribution in [2.75, 3.05) is 16.8 Å². The molecule has 0 atom stereocenters. The number of halogens is 3. The van der Waals surface area contributed by atoms with Gasteiger partial charge in [-0.25, -0.2) is 4.98 Å². The third kappa shape index (κ3) is 3.27. The van der Waals surface area contributed by atoms with Gasteiger partial charge in [0.1, 0.15) is 0 Å². The summed E-state index contributed by atoms with van der Waals surface area (Å²) in [6.07, 6.45) is -4.44. The molecule has 1 aromatic heterocycles. The van der Waals surface area contributed by atoms with Gasteiger partial charge in [-0.3, -0.25) is 0 Å². The molecule has 0 unspecified atom stereocenters. The number of para-hydroxylation sites is 3. The summed E-state index contributed by atoms with van der Waals surface area (Å²) in [5.41, 5.74) is 3.13. The van der Waals surface area contributed by atoms with Crippen LogP contribution in [-0.2, 0) is 11.6 Å². The molecule has 7 heteroatoms. The zero-order valence-corrected chi connectivity index (χ0v) is 15.7. The van der Waals surface area contributed by atoms with Crippen LogP contribution in [0.1, 0.15) is 25.1 Å². The maximum absolute atomic E-state index is 12.8. The average Bonchev–Trinajstić information content (AvgIpc) is 3.19. The van der Waals surface area contributed by atoms with E-state index < -0.39 is 11.9 Å². The minimum absolute atomic E-state index is 0.0195. The largest absolute Gasteiger partial charge is 0.434 e. The van der Waals surface area contributed by atoms with Gasteiger partial charge in [-0.1, -0.05) is 44.2 Å². The predicted octanol–water partition coefficient (Wildman–Crippen LogP) is 6.33. The normalized spacial score (nSPS) is 15.7. The summed E-state index contributed by atoms with van der Waals surface area (Å²) >= 11 is 0.947. The number of benzene rings is 2. The van der Waals surface area contributed by atoms with Crippen molar-refractivity contribution in [3.8, 4) is 0 Å². The highest BCUT2D eigenvalue weighted by molar-refractivity contribution is 7.13. The zero-order chi connectivity index (χ0) is 19.2. The van der Waals surface area contributed by atoms with Crippen molar-refractivity contribution in [3.05, 3.63) is 65.2 Å². The first-order valence-electron chi connectivity index (χ1n) is 8.51. The van der Waals surface area contributed by atoms with E-state index in [0.717, 1.165) is 40.3 Å². The minimum Gasteiger partial charge on any atom is -0.339 e. The lowest BCUT2D eigenvalue weighted by atomic mass is 9.87. The van der Waals surface area contributed by atoms with Crippen LogP contribution < -0.4 is 10.2 Å². The topological polar surface area (TPSA) is 28.2 Å². The van der Waals surface area contributed by atoms with Crippen LogP contribution in [-0.4, -0.2) is 11.5 Å². The molecule has 0 saturated carbocycles. The van der Waals surface area contributed by atoms with Crippen molar-refractivity contribution in [1.82, 2.24) is 4.98 Å². The summed E-state index contributed by atoms with van der Waals surface area (Å²) in [5, 5.41) is 4.32. The van der Waals surface area contributed by atoms with E-state index in [1.54, 1.807) is 0 Å². The number of nitrogens with one attached hydrogen (secondary N) is 1. The Hall–Kier alpha value is -2.54. The van der Waals surface area contributed by atoms with Crippen molar-refractivity contribution in [1.29, 1.82) is 0 Å². The fourth-order valence-corrected chi connectivity index (χ4v) is 4.18. The molecule has 0 fully saturated rings. The Bertz CT molecular complexity index is 978. The highest BCUT2D eigenvalue weighted by Gasteiger charge is 2.36. The predicted molar refractivity (Wildman–Crippen MR) is 103 cm³/mol. The van der Waals surface area contributed by atoms with Gasteiger partial charge in [0, 0.05) is 23.0 Å². The molecule has 0 saturated heterocycles. The fraction of sp³-hybridized carbons (Fsp3) is 0.250. The fourth-order valence-electron chi connectivity index (χ4n) is 3.45. The summed E-state index contributed by atoms with van der Waals surface area (Å²) in [6, 6.07) is 15.8. The summed E-state index contributed by atoms with van der Waals surface area (Å²) in [6.45, 7) is 5.17. The Kier molecular flexibility index (Phi) is 4.14. The molecule has 0 bridgehead atoms. The third-order valence-electron chi connectivity index (χ3n) is 4.71. The van der Waals surface area contributed by atoms with Gasteiger partial charge in [-0.15, -0.1) is 11.3 Å². The molecule has 1 N–H and O–H groups in total. The van der Waals surface area contributed by atoms with E-state index in [2.05, 4.69) is 41.2 Å². The number of fused-ring (bicyclic) bond motifs is 1. The van der Waals surface area contributed by atoms with Gasteiger partial charge in [0.25, 0.3) is 0 Å². The highest BCUT2D eigenvalue weighted by Crippen LogP contribution is 2.46. The molecule has 3 nitrogen and oxygen atoms in total. The SMILES string of the molecule is CC1(C)CN(c2ccccc2Nc2nc(C(F)(F)F)cs2)c2ccccc21. The lowest BCUT2D eigenvalue weighted by Crippen LogP contribution is -2.25. The second kappa shape index (κ2) is 6.27. The second-order valence-corrected chi connectivity index (χ2v) is 8.02. The first kappa shape index (κ1) is 17.9. The van der Waals surface area contributed by atoms with E-state index in [1.807, 2.05) is 36.4 Å².